The number of nitrogens with two attached hydrogens (primary N) is 1. The summed E-state index contributed by atoms with van der Waals surface area (Å²) in [6.07, 6.45) is 0. The fraction of sp³-hybridized carbons (Fsp3) is 0.100. The molecular weight excluding hydrogens is 263 g/mol. The molecule has 1 heterocycles. The van der Waals surface area contributed by atoms with Gasteiger partial charge in [0.1, 0.15) is 11.5 Å². The highest BCUT2D eigenvalue weighted by Crippen LogP contribution is 2.24. The SMILES string of the molecule is NCc1cc(-c2ccc(F)c(Br)c2)no1. The minimum Gasteiger partial charge on any atom is -0.359 e. The number of benzene rings is 1. The Balaban J connectivity index is 2.40. The van der Waals surface area contributed by atoms with Crippen molar-refractivity contribution in [1.29, 1.82) is 0 Å². The summed E-state index contributed by atoms with van der Waals surface area (Å²) in [5.41, 5.74) is 6.83. The third-order valence-electron chi connectivity index (χ3n) is 1.98. The first-order valence-corrected chi connectivity index (χ1v) is 5.11. The number of hydrogen-bond donors (Lipinski definition) is 1. The molecule has 78 valence electrons. The highest BCUT2D eigenvalue weighted by atomic mass is 79.9. The first-order valence-electron chi connectivity index (χ1n) is 4.32. The lowest BCUT2D eigenvalue weighted by Gasteiger charge is -1.97. The van der Waals surface area contributed by atoms with Crippen LogP contribution in [0, 0.1) is 5.82 Å². The molecule has 0 atom stereocenters. The molecule has 0 aliphatic carbocycles. The molecule has 0 unspecified atom stereocenters. The maximum Gasteiger partial charge on any atom is 0.150 e. The van der Waals surface area contributed by atoms with Gasteiger partial charge in [0, 0.05) is 11.6 Å². The van der Waals surface area contributed by atoms with Crippen molar-refractivity contribution in [3.63, 3.8) is 0 Å². The fourth-order valence-corrected chi connectivity index (χ4v) is 1.58. The summed E-state index contributed by atoms with van der Waals surface area (Å²) < 4.78 is 18.3. The molecular formula is C10H8BrFN2O. The first-order chi connectivity index (χ1) is 7.20. The maximum atomic E-state index is 13.0. The van der Waals surface area contributed by atoms with Gasteiger partial charge in [-0.1, -0.05) is 5.16 Å². The normalized spacial score (nSPS) is 10.6. The molecule has 1 aromatic carbocycles. The van der Waals surface area contributed by atoms with Crippen LogP contribution < -0.4 is 5.73 Å². The molecule has 5 heteroatoms. The van der Waals surface area contributed by atoms with Crippen LogP contribution in [0.3, 0.4) is 0 Å². The van der Waals surface area contributed by atoms with Crippen molar-refractivity contribution in [2.75, 3.05) is 0 Å². The monoisotopic (exact) mass is 270 g/mol. The van der Waals surface area contributed by atoms with E-state index >= 15 is 0 Å². The van der Waals surface area contributed by atoms with Crippen LogP contribution in [-0.2, 0) is 6.54 Å². The van der Waals surface area contributed by atoms with E-state index in [0.29, 0.717) is 22.5 Å². The van der Waals surface area contributed by atoms with E-state index in [2.05, 4.69) is 21.1 Å². The summed E-state index contributed by atoms with van der Waals surface area (Å²) in [7, 11) is 0. The highest BCUT2D eigenvalue weighted by molar-refractivity contribution is 9.10. The van der Waals surface area contributed by atoms with E-state index in [-0.39, 0.29) is 5.82 Å². The Hall–Kier alpha value is -1.20. The molecule has 1 aromatic heterocycles. The smallest absolute Gasteiger partial charge is 0.150 e. The summed E-state index contributed by atoms with van der Waals surface area (Å²) >= 11 is 3.11. The van der Waals surface area contributed by atoms with Gasteiger partial charge in [0.25, 0.3) is 0 Å². The minimum atomic E-state index is -0.304. The third kappa shape index (κ3) is 2.08. The quantitative estimate of drug-likeness (QED) is 0.913. The van der Waals surface area contributed by atoms with Crippen LogP contribution in [-0.4, -0.2) is 5.16 Å². The van der Waals surface area contributed by atoms with Gasteiger partial charge in [0.15, 0.2) is 5.76 Å². The molecule has 0 saturated carbocycles. The molecule has 0 amide bonds. The Kier molecular flexibility index (Phi) is 2.83. The Morgan fingerprint density at radius 3 is 2.80 bits per heavy atom. The van der Waals surface area contributed by atoms with Crippen molar-refractivity contribution in [1.82, 2.24) is 5.16 Å². The van der Waals surface area contributed by atoms with Crippen molar-refractivity contribution in [3.05, 3.63) is 40.3 Å². The maximum absolute atomic E-state index is 13.0. The molecule has 2 aromatic rings. The van der Waals surface area contributed by atoms with E-state index in [0.717, 1.165) is 5.56 Å². The van der Waals surface area contributed by atoms with E-state index in [1.54, 1.807) is 18.2 Å². The summed E-state index contributed by atoms with van der Waals surface area (Å²) in [5.74, 6) is 0.298. The van der Waals surface area contributed by atoms with Crippen molar-refractivity contribution in [2.24, 2.45) is 5.73 Å². The number of hydrogen-bond acceptors (Lipinski definition) is 3. The van der Waals surface area contributed by atoms with E-state index in [1.807, 2.05) is 0 Å². The summed E-state index contributed by atoms with van der Waals surface area (Å²) in [5, 5.41) is 3.83. The van der Waals surface area contributed by atoms with E-state index < -0.39 is 0 Å². The van der Waals surface area contributed by atoms with Gasteiger partial charge in [-0.05, 0) is 34.1 Å². The van der Waals surface area contributed by atoms with Gasteiger partial charge in [0.05, 0.1) is 11.0 Å². The van der Waals surface area contributed by atoms with Crippen LogP contribution in [0.1, 0.15) is 5.76 Å². The lowest BCUT2D eigenvalue weighted by molar-refractivity contribution is 0.387. The molecule has 15 heavy (non-hydrogen) atoms. The second-order valence-corrected chi connectivity index (χ2v) is 3.87. The molecule has 0 fully saturated rings. The van der Waals surface area contributed by atoms with E-state index in [1.165, 1.54) is 6.07 Å². The molecule has 2 rings (SSSR count). The highest BCUT2D eigenvalue weighted by Gasteiger charge is 2.07. The summed E-state index contributed by atoms with van der Waals surface area (Å²) in [6, 6.07) is 6.39. The van der Waals surface area contributed by atoms with Gasteiger partial charge >= 0.3 is 0 Å². The molecule has 3 nitrogen and oxygen atoms in total. The largest absolute Gasteiger partial charge is 0.359 e. The van der Waals surface area contributed by atoms with Crippen molar-refractivity contribution in [2.45, 2.75) is 6.54 Å². The van der Waals surface area contributed by atoms with Gasteiger partial charge in [0.2, 0.25) is 0 Å². The second kappa shape index (κ2) is 4.12. The zero-order valence-corrected chi connectivity index (χ0v) is 9.29. The standard InChI is InChI=1S/C10H8BrFN2O/c11-8-3-6(1-2-9(8)12)10-4-7(5-13)15-14-10/h1-4H,5,13H2. The van der Waals surface area contributed by atoms with Gasteiger partial charge in [-0.3, -0.25) is 0 Å². The van der Waals surface area contributed by atoms with Crippen LogP contribution in [0.25, 0.3) is 11.3 Å². The molecule has 0 radical (unpaired) electrons. The summed E-state index contributed by atoms with van der Waals surface area (Å²) in [4.78, 5) is 0. The predicted octanol–water partition coefficient (Wildman–Crippen LogP) is 2.70. The van der Waals surface area contributed by atoms with Gasteiger partial charge in [-0.15, -0.1) is 0 Å². The van der Waals surface area contributed by atoms with Crippen LogP contribution in [0.5, 0.6) is 0 Å². The number of nitrogens with zero attached hydrogens (tertiary/aromatic N) is 1. The Morgan fingerprint density at radius 2 is 2.20 bits per heavy atom. The predicted molar refractivity (Wildman–Crippen MR) is 57.5 cm³/mol. The summed E-state index contributed by atoms with van der Waals surface area (Å²) in [6.45, 7) is 0.301. The van der Waals surface area contributed by atoms with Crippen molar-refractivity contribution in [3.8, 4) is 11.3 Å². The molecule has 0 bridgehead atoms. The van der Waals surface area contributed by atoms with Gasteiger partial charge in [-0.25, -0.2) is 4.39 Å². The van der Waals surface area contributed by atoms with Gasteiger partial charge in [-0.2, -0.15) is 0 Å². The number of halogens is 2. The Morgan fingerprint density at radius 1 is 1.40 bits per heavy atom. The number of rotatable bonds is 2. The number of aromatic nitrogens is 1. The zero-order chi connectivity index (χ0) is 10.8. The molecule has 0 aliphatic rings. The molecule has 2 N–H and O–H groups in total. The zero-order valence-electron chi connectivity index (χ0n) is 7.71. The molecule has 0 spiro atoms. The van der Waals surface area contributed by atoms with Crippen LogP contribution >= 0.6 is 15.9 Å². The first kappa shape index (κ1) is 10.3. The van der Waals surface area contributed by atoms with E-state index in [4.69, 9.17) is 10.3 Å². The van der Waals surface area contributed by atoms with Crippen LogP contribution in [0.2, 0.25) is 0 Å². The Labute approximate surface area is 94.2 Å². The molecule has 0 saturated heterocycles. The second-order valence-electron chi connectivity index (χ2n) is 3.01. The van der Waals surface area contributed by atoms with Gasteiger partial charge < -0.3 is 10.3 Å². The average molecular weight is 271 g/mol. The van der Waals surface area contributed by atoms with Crippen LogP contribution in [0.4, 0.5) is 4.39 Å². The van der Waals surface area contributed by atoms with Crippen LogP contribution in [0.15, 0.2) is 33.3 Å². The lowest BCUT2D eigenvalue weighted by Crippen LogP contribution is -1.92. The molecule has 0 aliphatic heterocycles. The average Bonchev–Trinajstić information content (AvgIpc) is 2.70. The third-order valence-corrected chi connectivity index (χ3v) is 2.58. The topological polar surface area (TPSA) is 52.0 Å². The lowest BCUT2D eigenvalue weighted by atomic mass is 10.1. The Bertz CT molecular complexity index is 484. The van der Waals surface area contributed by atoms with E-state index in [9.17, 15) is 4.39 Å². The van der Waals surface area contributed by atoms with Crippen molar-refractivity contribution < 1.29 is 8.91 Å². The minimum absolute atomic E-state index is 0.301. The fourth-order valence-electron chi connectivity index (χ4n) is 1.20. The van der Waals surface area contributed by atoms with Crippen molar-refractivity contribution >= 4 is 15.9 Å².